The molecule has 0 saturated carbocycles. The smallest absolute Gasteiger partial charge is 0.193 e. The van der Waals surface area contributed by atoms with Gasteiger partial charge in [-0.3, -0.25) is 4.79 Å². The van der Waals surface area contributed by atoms with Gasteiger partial charge in [-0.2, -0.15) is 0 Å². The summed E-state index contributed by atoms with van der Waals surface area (Å²) in [7, 11) is 0. The SMILES string of the molecule is C=CCNc1ccc(C(=O)c2ccc(NCC=C)cc2)cc1. The minimum absolute atomic E-state index is 0.0190. The second-order valence-corrected chi connectivity index (χ2v) is 4.82. The topological polar surface area (TPSA) is 41.1 Å². The monoisotopic (exact) mass is 292 g/mol. The fourth-order valence-electron chi connectivity index (χ4n) is 2.03. The van der Waals surface area contributed by atoms with Gasteiger partial charge in [0, 0.05) is 35.6 Å². The van der Waals surface area contributed by atoms with Gasteiger partial charge in [0.2, 0.25) is 0 Å². The third-order valence-corrected chi connectivity index (χ3v) is 3.20. The van der Waals surface area contributed by atoms with Crippen LogP contribution in [0.1, 0.15) is 15.9 Å². The zero-order chi connectivity index (χ0) is 15.8. The Kier molecular flexibility index (Phi) is 5.55. The Morgan fingerprint density at radius 2 is 1.14 bits per heavy atom. The Balaban J connectivity index is 2.06. The van der Waals surface area contributed by atoms with E-state index >= 15 is 0 Å². The van der Waals surface area contributed by atoms with E-state index in [2.05, 4.69) is 23.8 Å². The highest BCUT2D eigenvalue weighted by atomic mass is 16.1. The first-order chi connectivity index (χ1) is 10.7. The van der Waals surface area contributed by atoms with Gasteiger partial charge in [0.1, 0.15) is 0 Å². The lowest BCUT2D eigenvalue weighted by Crippen LogP contribution is -2.03. The largest absolute Gasteiger partial charge is 0.382 e. The average Bonchev–Trinajstić information content (AvgIpc) is 2.58. The van der Waals surface area contributed by atoms with Crippen LogP contribution in [0, 0.1) is 0 Å². The molecule has 0 bridgehead atoms. The molecule has 0 heterocycles. The highest BCUT2D eigenvalue weighted by molar-refractivity contribution is 6.09. The highest BCUT2D eigenvalue weighted by Gasteiger charge is 2.08. The maximum Gasteiger partial charge on any atom is 0.193 e. The predicted molar refractivity (Wildman–Crippen MR) is 93.7 cm³/mol. The summed E-state index contributed by atoms with van der Waals surface area (Å²) in [5, 5.41) is 6.36. The molecule has 0 aromatic heterocycles. The summed E-state index contributed by atoms with van der Waals surface area (Å²) in [6.07, 6.45) is 3.59. The molecule has 2 aromatic carbocycles. The Bertz CT molecular complexity index is 585. The normalized spacial score (nSPS) is 9.82. The van der Waals surface area contributed by atoms with Gasteiger partial charge in [-0.15, -0.1) is 13.2 Å². The summed E-state index contributed by atoms with van der Waals surface area (Å²) in [6.45, 7) is 8.72. The second kappa shape index (κ2) is 7.84. The summed E-state index contributed by atoms with van der Waals surface area (Å²) in [5.41, 5.74) is 3.30. The summed E-state index contributed by atoms with van der Waals surface area (Å²) in [6, 6.07) is 14.9. The molecule has 2 aromatic rings. The van der Waals surface area contributed by atoms with Gasteiger partial charge in [0.15, 0.2) is 5.78 Å². The van der Waals surface area contributed by atoms with Crippen molar-refractivity contribution in [2.45, 2.75) is 0 Å². The Hall–Kier alpha value is -2.81. The zero-order valence-electron chi connectivity index (χ0n) is 12.5. The van der Waals surface area contributed by atoms with E-state index < -0.39 is 0 Å². The molecule has 0 aliphatic heterocycles. The summed E-state index contributed by atoms with van der Waals surface area (Å²) in [5.74, 6) is 0.0190. The van der Waals surface area contributed by atoms with Gasteiger partial charge in [-0.1, -0.05) is 12.2 Å². The Morgan fingerprint density at radius 3 is 1.45 bits per heavy atom. The quantitative estimate of drug-likeness (QED) is 0.568. The van der Waals surface area contributed by atoms with Gasteiger partial charge >= 0.3 is 0 Å². The molecule has 0 spiro atoms. The van der Waals surface area contributed by atoms with Crippen LogP contribution in [0.4, 0.5) is 11.4 Å². The number of hydrogen-bond donors (Lipinski definition) is 2. The van der Waals surface area contributed by atoms with Crippen molar-refractivity contribution in [3.05, 3.63) is 85.0 Å². The van der Waals surface area contributed by atoms with Crippen molar-refractivity contribution in [2.24, 2.45) is 0 Å². The molecule has 0 amide bonds. The lowest BCUT2D eigenvalue weighted by Gasteiger charge is -2.07. The summed E-state index contributed by atoms with van der Waals surface area (Å²) in [4.78, 5) is 12.4. The van der Waals surface area contributed by atoms with Crippen LogP contribution < -0.4 is 10.6 Å². The zero-order valence-corrected chi connectivity index (χ0v) is 12.5. The lowest BCUT2D eigenvalue weighted by molar-refractivity contribution is 0.103. The molecule has 22 heavy (non-hydrogen) atoms. The van der Waals surface area contributed by atoms with Crippen LogP contribution in [0.2, 0.25) is 0 Å². The van der Waals surface area contributed by atoms with E-state index in [1.54, 1.807) is 12.2 Å². The Labute approximate surface area is 131 Å². The van der Waals surface area contributed by atoms with Crippen molar-refractivity contribution in [3.63, 3.8) is 0 Å². The highest BCUT2D eigenvalue weighted by Crippen LogP contribution is 2.16. The van der Waals surface area contributed by atoms with Crippen molar-refractivity contribution in [1.29, 1.82) is 0 Å². The molecular weight excluding hydrogens is 272 g/mol. The first-order valence-electron chi connectivity index (χ1n) is 7.19. The van der Waals surface area contributed by atoms with Crippen molar-refractivity contribution in [2.75, 3.05) is 23.7 Å². The van der Waals surface area contributed by atoms with Crippen LogP contribution in [0.15, 0.2) is 73.8 Å². The van der Waals surface area contributed by atoms with Crippen molar-refractivity contribution < 1.29 is 4.79 Å². The molecule has 0 aliphatic carbocycles. The van der Waals surface area contributed by atoms with E-state index in [1.165, 1.54) is 0 Å². The van der Waals surface area contributed by atoms with Crippen LogP contribution in [0.3, 0.4) is 0 Å². The van der Waals surface area contributed by atoms with E-state index in [4.69, 9.17) is 0 Å². The van der Waals surface area contributed by atoms with Gasteiger partial charge in [-0.05, 0) is 48.5 Å². The lowest BCUT2D eigenvalue weighted by atomic mass is 10.0. The molecule has 2 rings (SSSR count). The van der Waals surface area contributed by atoms with Crippen LogP contribution in [-0.4, -0.2) is 18.9 Å². The Morgan fingerprint density at radius 1 is 0.773 bits per heavy atom. The maximum atomic E-state index is 12.4. The van der Waals surface area contributed by atoms with Crippen molar-refractivity contribution in [3.8, 4) is 0 Å². The molecular formula is C19H20N2O. The molecule has 0 atom stereocenters. The minimum Gasteiger partial charge on any atom is -0.382 e. The number of ketones is 1. The molecule has 0 fully saturated rings. The number of anilines is 2. The van der Waals surface area contributed by atoms with Crippen LogP contribution in [0.25, 0.3) is 0 Å². The fraction of sp³-hybridized carbons (Fsp3) is 0.105. The molecule has 0 aliphatic rings. The molecule has 2 N–H and O–H groups in total. The molecule has 0 saturated heterocycles. The summed E-state index contributed by atoms with van der Waals surface area (Å²) < 4.78 is 0. The average molecular weight is 292 g/mol. The van der Waals surface area contributed by atoms with Gasteiger partial charge in [-0.25, -0.2) is 0 Å². The number of carbonyl (C=O) groups is 1. The van der Waals surface area contributed by atoms with E-state index in [1.807, 2.05) is 48.5 Å². The van der Waals surface area contributed by atoms with Crippen LogP contribution in [0.5, 0.6) is 0 Å². The molecule has 3 nitrogen and oxygen atoms in total. The van der Waals surface area contributed by atoms with Crippen LogP contribution >= 0.6 is 0 Å². The molecule has 0 unspecified atom stereocenters. The van der Waals surface area contributed by atoms with Crippen molar-refractivity contribution in [1.82, 2.24) is 0 Å². The van der Waals surface area contributed by atoms with Gasteiger partial charge in [0.05, 0.1) is 0 Å². The molecule has 0 radical (unpaired) electrons. The number of carbonyl (C=O) groups excluding carboxylic acids is 1. The van der Waals surface area contributed by atoms with Crippen molar-refractivity contribution >= 4 is 17.2 Å². The molecule has 112 valence electrons. The number of nitrogens with one attached hydrogen (secondary N) is 2. The fourth-order valence-corrected chi connectivity index (χ4v) is 2.03. The van der Waals surface area contributed by atoms with Gasteiger partial charge < -0.3 is 10.6 Å². The van der Waals surface area contributed by atoms with Gasteiger partial charge in [0.25, 0.3) is 0 Å². The second-order valence-electron chi connectivity index (χ2n) is 4.82. The first kappa shape index (κ1) is 15.6. The number of rotatable bonds is 8. The summed E-state index contributed by atoms with van der Waals surface area (Å²) >= 11 is 0. The first-order valence-corrected chi connectivity index (χ1v) is 7.19. The number of hydrogen-bond acceptors (Lipinski definition) is 3. The number of benzene rings is 2. The van der Waals surface area contributed by atoms with E-state index in [-0.39, 0.29) is 5.78 Å². The minimum atomic E-state index is 0.0190. The van der Waals surface area contributed by atoms with Crippen LogP contribution in [-0.2, 0) is 0 Å². The third-order valence-electron chi connectivity index (χ3n) is 3.20. The maximum absolute atomic E-state index is 12.4. The van der Waals surface area contributed by atoms with E-state index in [9.17, 15) is 4.79 Å². The molecule has 3 heteroatoms. The predicted octanol–water partition coefficient (Wildman–Crippen LogP) is 4.11. The van der Waals surface area contributed by atoms with E-state index in [0.717, 1.165) is 11.4 Å². The van der Waals surface area contributed by atoms with E-state index in [0.29, 0.717) is 24.2 Å². The standard InChI is InChI=1S/C19H20N2O/c1-3-13-20-17-9-5-15(6-10-17)19(22)16-7-11-18(12-8-16)21-14-4-2/h3-12,20-21H,1-2,13-14H2. The third kappa shape index (κ3) is 4.09.